The van der Waals surface area contributed by atoms with Crippen LogP contribution in [0.1, 0.15) is 12.8 Å². The Morgan fingerprint density at radius 3 is 2.90 bits per heavy atom. The molecule has 0 aliphatic carbocycles. The Bertz CT molecular complexity index is 99.8. The average Bonchev–Trinajstić information content (AvgIpc) is 2.39. The molecular weight excluding hydrogens is 130 g/mol. The first kappa shape index (κ1) is 7.98. The molecule has 0 spiro atoms. The van der Waals surface area contributed by atoms with Crippen molar-refractivity contribution in [2.24, 2.45) is 5.73 Å². The Kier molecular flexibility index (Phi) is 2.65. The van der Waals surface area contributed by atoms with E-state index in [0.717, 1.165) is 19.4 Å². The fraction of sp³-hybridized carbons (Fsp3) is 1.00. The van der Waals surface area contributed by atoms with Gasteiger partial charge in [0.25, 0.3) is 0 Å². The Morgan fingerprint density at radius 1 is 1.70 bits per heavy atom. The standard InChI is InChI=1S/C7H15NO2/c1-9-6-7(5-8)3-2-4-10-7/h2-6,8H2,1H3. The smallest absolute Gasteiger partial charge is 0.104 e. The van der Waals surface area contributed by atoms with E-state index >= 15 is 0 Å². The molecule has 60 valence electrons. The van der Waals surface area contributed by atoms with Gasteiger partial charge in [-0.15, -0.1) is 0 Å². The van der Waals surface area contributed by atoms with Crippen LogP contribution >= 0.6 is 0 Å². The molecule has 2 N–H and O–H groups in total. The molecule has 0 aromatic rings. The zero-order valence-corrected chi connectivity index (χ0v) is 6.43. The SMILES string of the molecule is COCC1(CN)CCCO1. The molecule has 1 rings (SSSR count). The van der Waals surface area contributed by atoms with Crippen molar-refractivity contribution >= 4 is 0 Å². The fourth-order valence-corrected chi connectivity index (χ4v) is 1.35. The summed E-state index contributed by atoms with van der Waals surface area (Å²) >= 11 is 0. The predicted octanol–water partition coefficient (Wildman–Crippen LogP) is 0.141. The summed E-state index contributed by atoms with van der Waals surface area (Å²) in [6.07, 6.45) is 2.15. The van der Waals surface area contributed by atoms with Gasteiger partial charge in [-0.3, -0.25) is 0 Å². The highest BCUT2D eigenvalue weighted by Gasteiger charge is 2.33. The molecule has 0 amide bonds. The van der Waals surface area contributed by atoms with Crippen LogP contribution in [0.3, 0.4) is 0 Å². The first-order chi connectivity index (χ1) is 4.83. The van der Waals surface area contributed by atoms with E-state index in [1.54, 1.807) is 7.11 Å². The minimum atomic E-state index is -0.158. The molecule has 1 aliphatic rings. The number of nitrogens with two attached hydrogens (primary N) is 1. The predicted molar refractivity (Wildman–Crippen MR) is 38.8 cm³/mol. The van der Waals surface area contributed by atoms with Crippen LogP contribution in [0.15, 0.2) is 0 Å². The van der Waals surface area contributed by atoms with Gasteiger partial charge >= 0.3 is 0 Å². The second-order valence-electron chi connectivity index (χ2n) is 2.77. The highest BCUT2D eigenvalue weighted by Crippen LogP contribution is 2.24. The summed E-state index contributed by atoms with van der Waals surface area (Å²) in [6.45, 7) is 2.03. The molecule has 1 atom stereocenters. The van der Waals surface area contributed by atoms with Crippen molar-refractivity contribution < 1.29 is 9.47 Å². The highest BCUT2D eigenvalue weighted by molar-refractivity contribution is 4.85. The van der Waals surface area contributed by atoms with Crippen molar-refractivity contribution in [2.75, 3.05) is 26.9 Å². The number of hydrogen-bond donors (Lipinski definition) is 1. The summed E-state index contributed by atoms with van der Waals surface area (Å²) in [5.41, 5.74) is 5.39. The largest absolute Gasteiger partial charge is 0.382 e. The van der Waals surface area contributed by atoms with E-state index in [4.69, 9.17) is 15.2 Å². The molecule has 0 aromatic heterocycles. The summed E-state index contributed by atoms with van der Waals surface area (Å²) in [4.78, 5) is 0. The van der Waals surface area contributed by atoms with E-state index in [1.165, 1.54) is 0 Å². The van der Waals surface area contributed by atoms with E-state index in [-0.39, 0.29) is 5.60 Å². The number of ether oxygens (including phenoxy) is 2. The lowest BCUT2D eigenvalue weighted by Gasteiger charge is -2.24. The Balaban J connectivity index is 2.41. The molecule has 0 aromatic carbocycles. The molecule has 10 heavy (non-hydrogen) atoms. The maximum atomic E-state index is 5.55. The molecule has 3 heteroatoms. The molecule has 1 aliphatic heterocycles. The minimum Gasteiger partial charge on any atom is -0.382 e. The van der Waals surface area contributed by atoms with Crippen LogP contribution in [0.5, 0.6) is 0 Å². The van der Waals surface area contributed by atoms with Crippen LogP contribution in [0.25, 0.3) is 0 Å². The second-order valence-corrected chi connectivity index (χ2v) is 2.77. The molecular formula is C7H15NO2. The van der Waals surface area contributed by atoms with E-state index in [0.29, 0.717) is 13.2 Å². The van der Waals surface area contributed by atoms with Crippen LogP contribution in [-0.2, 0) is 9.47 Å². The Morgan fingerprint density at radius 2 is 2.50 bits per heavy atom. The summed E-state index contributed by atoms with van der Waals surface area (Å²) in [7, 11) is 1.68. The minimum absolute atomic E-state index is 0.158. The van der Waals surface area contributed by atoms with Gasteiger partial charge in [0.1, 0.15) is 5.60 Å². The molecule has 0 radical (unpaired) electrons. The van der Waals surface area contributed by atoms with Crippen molar-refractivity contribution in [2.45, 2.75) is 18.4 Å². The number of hydrogen-bond acceptors (Lipinski definition) is 3. The summed E-state index contributed by atoms with van der Waals surface area (Å²) in [5, 5.41) is 0. The van der Waals surface area contributed by atoms with E-state index in [1.807, 2.05) is 0 Å². The van der Waals surface area contributed by atoms with Crippen LogP contribution in [0, 0.1) is 0 Å². The molecule has 1 heterocycles. The lowest BCUT2D eigenvalue weighted by atomic mass is 10.0. The van der Waals surface area contributed by atoms with Crippen molar-refractivity contribution in [3.8, 4) is 0 Å². The average molecular weight is 145 g/mol. The Hall–Kier alpha value is -0.120. The zero-order chi connectivity index (χ0) is 7.45. The van der Waals surface area contributed by atoms with E-state index in [2.05, 4.69) is 0 Å². The van der Waals surface area contributed by atoms with Gasteiger partial charge in [-0.25, -0.2) is 0 Å². The van der Waals surface area contributed by atoms with E-state index in [9.17, 15) is 0 Å². The highest BCUT2D eigenvalue weighted by atomic mass is 16.5. The van der Waals surface area contributed by atoms with Crippen LogP contribution in [0.4, 0.5) is 0 Å². The van der Waals surface area contributed by atoms with Gasteiger partial charge in [0.2, 0.25) is 0 Å². The van der Waals surface area contributed by atoms with Gasteiger partial charge in [0.05, 0.1) is 6.61 Å². The van der Waals surface area contributed by atoms with Gasteiger partial charge in [0.15, 0.2) is 0 Å². The quantitative estimate of drug-likeness (QED) is 0.614. The first-order valence-electron chi connectivity index (χ1n) is 3.66. The maximum absolute atomic E-state index is 5.55. The van der Waals surface area contributed by atoms with Crippen LogP contribution in [-0.4, -0.2) is 32.5 Å². The lowest BCUT2D eigenvalue weighted by Crippen LogP contribution is -2.41. The topological polar surface area (TPSA) is 44.5 Å². The molecule has 1 fully saturated rings. The maximum Gasteiger partial charge on any atom is 0.104 e. The second kappa shape index (κ2) is 3.32. The van der Waals surface area contributed by atoms with Crippen molar-refractivity contribution in [1.82, 2.24) is 0 Å². The van der Waals surface area contributed by atoms with Gasteiger partial charge in [0, 0.05) is 20.3 Å². The third-order valence-corrected chi connectivity index (χ3v) is 1.96. The molecule has 1 unspecified atom stereocenters. The van der Waals surface area contributed by atoms with Gasteiger partial charge in [-0.1, -0.05) is 0 Å². The van der Waals surface area contributed by atoms with Gasteiger partial charge in [-0.05, 0) is 12.8 Å². The van der Waals surface area contributed by atoms with Crippen molar-refractivity contribution in [1.29, 1.82) is 0 Å². The zero-order valence-electron chi connectivity index (χ0n) is 6.43. The normalized spacial score (nSPS) is 33.0. The van der Waals surface area contributed by atoms with Crippen LogP contribution in [0.2, 0.25) is 0 Å². The molecule has 3 nitrogen and oxygen atoms in total. The monoisotopic (exact) mass is 145 g/mol. The van der Waals surface area contributed by atoms with Crippen molar-refractivity contribution in [3.63, 3.8) is 0 Å². The molecule has 1 saturated heterocycles. The lowest BCUT2D eigenvalue weighted by molar-refractivity contribution is -0.0444. The van der Waals surface area contributed by atoms with Gasteiger partial charge in [-0.2, -0.15) is 0 Å². The molecule has 0 bridgehead atoms. The molecule has 0 saturated carbocycles. The third kappa shape index (κ3) is 1.48. The van der Waals surface area contributed by atoms with Crippen LogP contribution < -0.4 is 5.73 Å². The van der Waals surface area contributed by atoms with E-state index < -0.39 is 0 Å². The first-order valence-corrected chi connectivity index (χ1v) is 3.66. The fourth-order valence-electron chi connectivity index (χ4n) is 1.35. The number of methoxy groups -OCH3 is 1. The number of rotatable bonds is 3. The van der Waals surface area contributed by atoms with Crippen molar-refractivity contribution in [3.05, 3.63) is 0 Å². The summed E-state index contributed by atoms with van der Waals surface area (Å²) in [6, 6.07) is 0. The van der Waals surface area contributed by atoms with Gasteiger partial charge < -0.3 is 15.2 Å². The Labute approximate surface area is 61.5 Å². The third-order valence-electron chi connectivity index (χ3n) is 1.96. The summed E-state index contributed by atoms with van der Waals surface area (Å²) < 4.78 is 10.5. The summed E-state index contributed by atoms with van der Waals surface area (Å²) in [5.74, 6) is 0.